The second-order valence-corrected chi connectivity index (χ2v) is 7.75. The van der Waals surface area contributed by atoms with Crippen LogP contribution in [0, 0.1) is 6.92 Å². The number of hydrogen-bond acceptors (Lipinski definition) is 6. The molecule has 0 heterocycles. The van der Waals surface area contributed by atoms with Crippen molar-refractivity contribution in [1.29, 1.82) is 0 Å². The van der Waals surface area contributed by atoms with Crippen LogP contribution in [0.2, 0.25) is 0 Å². The highest BCUT2D eigenvalue weighted by atomic mass is 19.4. The van der Waals surface area contributed by atoms with E-state index in [0.717, 1.165) is 17.7 Å². The van der Waals surface area contributed by atoms with Crippen molar-refractivity contribution in [3.8, 4) is 34.5 Å². The van der Waals surface area contributed by atoms with Gasteiger partial charge in [-0.25, -0.2) is 4.79 Å². The first kappa shape index (κ1) is 26.5. The van der Waals surface area contributed by atoms with Gasteiger partial charge < -0.3 is 28.8 Å². The fourth-order valence-electron chi connectivity index (χ4n) is 3.11. The Morgan fingerprint density at radius 1 is 0.889 bits per heavy atom. The highest BCUT2D eigenvalue weighted by Crippen LogP contribution is 2.37. The molecule has 3 rings (SSSR count). The molecule has 0 unspecified atom stereocenters. The van der Waals surface area contributed by atoms with Gasteiger partial charge in [0, 0.05) is 12.5 Å². The van der Waals surface area contributed by atoms with Crippen LogP contribution >= 0.6 is 0 Å². The number of halogens is 3. The van der Waals surface area contributed by atoms with Crippen LogP contribution < -0.4 is 23.7 Å². The number of para-hydroxylation sites is 1. The number of rotatable bonds is 12. The molecule has 0 aliphatic heterocycles. The number of benzene rings is 3. The van der Waals surface area contributed by atoms with E-state index in [0.29, 0.717) is 30.3 Å². The lowest BCUT2D eigenvalue weighted by Crippen LogP contribution is -2.18. The maximum atomic E-state index is 12.7. The summed E-state index contributed by atoms with van der Waals surface area (Å²) in [5, 5.41) is 8.72. The molecule has 10 heteroatoms. The van der Waals surface area contributed by atoms with E-state index in [9.17, 15) is 18.0 Å². The van der Waals surface area contributed by atoms with Crippen LogP contribution in [0.15, 0.2) is 66.7 Å². The molecule has 0 aliphatic carbocycles. The zero-order valence-electron chi connectivity index (χ0n) is 19.6. The molecule has 0 amide bonds. The van der Waals surface area contributed by atoms with Crippen LogP contribution in [0.4, 0.5) is 13.2 Å². The molecule has 3 aromatic carbocycles. The van der Waals surface area contributed by atoms with E-state index in [2.05, 4.69) is 4.74 Å². The molecule has 3 aromatic rings. The molecule has 36 heavy (non-hydrogen) atoms. The molecule has 1 atom stereocenters. The van der Waals surface area contributed by atoms with E-state index in [1.54, 1.807) is 62.4 Å². The average molecular weight is 506 g/mol. The van der Waals surface area contributed by atoms with E-state index >= 15 is 0 Å². The number of ether oxygens (including phenoxy) is 5. The Hall–Kier alpha value is -4.08. The van der Waals surface area contributed by atoms with Crippen molar-refractivity contribution in [3.05, 3.63) is 72.3 Å². The smallest absolute Gasteiger partial charge is 0.493 e. The Bertz CT molecular complexity index is 1150. The maximum Gasteiger partial charge on any atom is 0.573 e. The fourth-order valence-corrected chi connectivity index (χ4v) is 3.11. The standard InChI is InChI=1S/C26H25F3O7/c1-17-14-20(8-10-22(17)33-16-25(30)31)32-13-12-18(2)34-23-11-9-21(36-26(27,28)29)15-24(23)35-19-6-4-3-5-7-19/h3-11,14-15,18H,12-13,16H2,1-2H3,(H,30,31)/t18-/m1/s1. The minimum Gasteiger partial charge on any atom is -0.493 e. The van der Waals surface area contributed by atoms with Crippen LogP contribution in [0.25, 0.3) is 0 Å². The average Bonchev–Trinajstić information content (AvgIpc) is 2.80. The van der Waals surface area contributed by atoms with Crippen LogP contribution in [0.3, 0.4) is 0 Å². The van der Waals surface area contributed by atoms with Crippen molar-refractivity contribution >= 4 is 5.97 Å². The van der Waals surface area contributed by atoms with Crippen molar-refractivity contribution in [1.82, 2.24) is 0 Å². The topological polar surface area (TPSA) is 83.5 Å². The van der Waals surface area contributed by atoms with Gasteiger partial charge in [0.05, 0.1) is 12.7 Å². The summed E-state index contributed by atoms with van der Waals surface area (Å²) >= 11 is 0. The molecular formula is C26H25F3O7. The van der Waals surface area contributed by atoms with Crippen LogP contribution in [0.5, 0.6) is 34.5 Å². The summed E-state index contributed by atoms with van der Waals surface area (Å²) in [5.74, 6) is 0.273. The Morgan fingerprint density at radius 2 is 1.58 bits per heavy atom. The van der Waals surface area contributed by atoms with Crippen molar-refractivity contribution in [3.63, 3.8) is 0 Å². The molecule has 0 bridgehead atoms. The zero-order valence-corrected chi connectivity index (χ0v) is 19.6. The molecule has 0 saturated heterocycles. The van der Waals surface area contributed by atoms with Crippen LogP contribution in [-0.2, 0) is 4.79 Å². The third-order valence-corrected chi connectivity index (χ3v) is 4.74. The number of carbonyl (C=O) groups is 1. The van der Waals surface area contributed by atoms with Gasteiger partial charge in [-0.3, -0.25) is 0 Å². The first-order chi connectivity index (χ1) is 17.1. The van der Waals surface area contributed by atoms with Gasteiger partial charge in [0.25, 0.3) is 0 Å². The second kappa shape index (κ2) is 12.1. The first-order valence-corrected chi connectivity index (χ1v) is 11.0. The summed E-state index contributed by atoms with van der Waals surface area (Å²) in [6, 6.07) is 17.2. The van der Waals surface area contributed by atoms with Crippen molar-refractivity contribution < 1.29 is 46.8 Å². The van der Waals surface area contributed by atoms with Gasteiger partial charge in [0.15, 0.2) is 18.1 Å². The van der Waals surface area contributed by atoms with E-state index in [-0.39, 0.29) is 17.6 Å². The van der Waals surface area contributed by atoms with E-state index in [1.807, 2.05) is 0 Å². The normalized spacial score (nSPS) is 11.9. The van der Waals surface area contributed by atoms with E-state index < -0.39 is 24.7 Å². The minimum absolute atomic E-state index is 0.0725. The van der Waals surface area contributed by atoms with Gasteiger partial charge in [-0.15, -0.1) is 13.2 Å². The molecule has 0 saturated carbocycles. The summed E-state index contributed by atoms with van der Waals surface area (Å²) in [6.45, 7) is 3.43. The highest BCUT2D eigenvalue weighted by molar-refractivity contribution is 5.68. The maximum absolute atomic E-state index is 12.7. The number of alkyl halides is 3. The summed E-state index contributed by atoms with van der Waals surface area (Å²) in [7, 11) is 0. The van der Waals surface area contributed by atoms with Gasteiger partial charge in [0.2, 0.25) is 0 Å². The summed E-state index contributed by atoms with van der Waals surface area (Å²) in [5.41, 5.74) is 0.724. The summed E-state index contributed by atoms with van der Waals surface area (Å²) < 4.78 is 64.6. The predicted octanol–water partition coefficient (Wildman–Crippen LogP) is 6.39. The molecule has 0 spiro atoms. The molecule has 0 fully saturated rings. The van der Waals surface area contributed by atoms with Crippen LogP contribution in [0.1, 0.15) is 18.9 Å². The van der Waals surface area contributed by atoms with E-state index in [1.165, 1.54) is 6.07 Å². The molecule has 7 nitrogen and oxygen atoms in total. The quantitative estimate of drug-likeness (QED) is 0.305. The molecule has 0 aromatic heterocycles. The fraction of sp³-hybridized carbons (Fsp3) is 0.269. The van der Waals surface area contributed by atoms with Crippen molar-refractivity contribution in [2.75, 3.05) is 13.2 Å². The molecular weight excluding hydrogens is 481 g/mol. The number of carboxylic acids is 1. The van der Waals surface area contributed by atoms with Crippen LogP contribution in [-0.4, -0.2) is 36.8 Å². The first-order valence-electron chi connectivity index (χ1n) is 11.0. The number of aliphatic carboxylic acids is 1. The van der Waals surface area contributed by atoms with Gasteiger partial charge in [-0.1, -0.05) is 18.2 Å². The van der Waals surface area contributed by atoms with Crippen molar-refractivity contribution in [2.45, 2.75) is 32.7 Å². The second-order valence-electron chi connectivity index (χ2n) is 7.75. The molecule has 0 aliphatic rings. The van der Waals surface area contributed by atoms with Crippen molar-refractivity contribution in [2.24, 2.45) is 0 Å². The van der Waals surface area contributed by atoms with Gasteiger partial charge in [0.1, 0.15) is 23.0 Å². The summed E-state index contributed by atoms with van der Waals surface area (Å²) in [4.78, 5) is 10.7. The lowest BCUT2D eigenvalue weighted by Gasteiger charge is -2.19. The Kier molecular flexibility index (Phi) is 8.88. The minimum atomic E-state index is -4.84. The molecule has 192 valence electrons. The largest absolute Gasteiger partial charge is 0.573 e. The van der Waals surface area contributed by atoms with Gasteiger partial charge in [-0.05, 0) is 61.9 Å². The number of aryl methyl sites for hydroxylation is 1. The zero-order chi connectivity index (χ0) is 26.1. The predicted molar refractivity (Wildman–Crippen MR) is 124 cm³/mol. The highest BCUT2D eigenvalue weighted by Gasteiger charge is 2.31. The van der Waals surface area contributed by atoms with E-state index in [4.69, 9.17) is 24.1 Å². The SMILES string of the molecule is Cc1cc(OCC[C@@H](C)Oc2ccc(OC(F)(F)F)cc2Oc2ccccc2)ccc1OCC(=O)O. The lowest BCUT2D eigenvalue weighted by atomic mass is 10.2. The number of carboxylic acid groups (broad SMARTS) is 1. The Balaban J connectivity index is 1.61. The molecule has 1 N–H and O–H groups in total. The van der Waals surface area contributed by atoms with Gasteiger partial charge in [-0.2, -0.15) is 0 Å². The third kappa shape index (κ3) is 8.61. The molecule has 0 radical (unpaired) electrons. The lowest BCUT2D eigenvalue weighted by molar-refractivity contribution is -0.274. The number of hydrogen-bond donors (Lipinski definition) is 1. The summed E-state index contributed by atoms with van der Waals surface area (Å²) in [6.07, 6.45) is -4.74. The third-order valence-electron chi connectivity index (χ3n) is 4.74. The van der Waals surface area contributed by atoms with Gasteiger partial charge >= 0.3 is 12.3 Å². The Morgan fingerprint density at radius 3 is 2.25 bits per heavy atom. The monoisotopic (exact) mass is 506 g/mol. The Labute approximate surface area is 205 Å².